The molecule has 102 valence electrons. The Hall–Kier alpha value is -1.62. The van der Waals surface area contributed by atoms with Crippen LogP contribution in [-0.4, -0.2) is 20.2 Å². The zero-order valence-corrected chi connectivity index (χ0v) is 11.9. The van der Waals surface area contributed by atoms with Crippen LogP contribution in [-0.2, 0) is 0 Å². The van der Waals surface area contributed by atoms with Gasteiger partial charge in [0.05, 0.1) is 6.04 Å². The molecule has 0 spiro atoms. The number of hydrogen-bond acceptors (Lipinski definition) is 4. The molecule has 0 radical (unpaired) electrons. The molecule has 1 atom stereocenters. The van der Waals surface area contributed by atoms with E-state index in [2.05, 4.69) is 29.4 Å². The third-order valence-electron chi connectivity index (χ3n) is 3.19. The molecule has 0 saturated carbocycles. The Bertz CT molecular complexity index is 552. The Morgan fingerprint density at radius 1 is 1.37 bits per heavy atom. The van der Waals surface area contributed by atoms with Crippen LogP contribution < -0.4 is 5.73 Å². The Morgan fingerprint density at radius 3 is 2.79 bits per heavy atom. The fourth-order valence-electron chi connectivity index (χ4n) is 2.19. The third-order valence-corrected chi connectivity index (χ3v) is 3.42. The van der Waals surface area contributed by atoms with E-state index < -0.39 is 0 Å². The van der Waals surface area contributed by atoms with Crippen LogP contribution in [0.1, 0.15) is 39.2 Å². The first-order chi connectivity index (χ1) is 9.17. The number of tetrazole rings is 1. The number of rotatable bonds is 5. The van der Waals surface area contributed by atoms with E-state index in [1.165, 1.54) is 0 Å². The maximum Gasteiger partial charge on any atom is 0.184 e. The minimum Gasteiger partial charge on any atom is -0.398 e. The summed E-state index contributed by atoms with van der Waals surface area (Å²) >= 11 is 5.92. The Labute approximate surface area is 117 Å². The van der Waals surface area contributed by atoms with Crippen LogP contribution in [0.25, 0.3) is 11.4 Å². The van der Waals surface area contributed by atoms with E-state index in [-0.39, 0.29) is 0 Å². The van der Waals surface area contributed by atoms with Crippen molar-refractivity contribution in [3.8, 4) is 11.4 Å². The molecule has 0 saturated heterocycles. The van der Waals surface area contributed by atoms with Crippen LogP contribution in [0.2, 0.25) is 5.02 Å². The molecule has 2 N–H and O–H groups in total. The molecule has 0 amide bonds. The molecule has 1 aromatic heterocycles. The Morgan fingerprint density at radius 2 is 2.16 bits per heavy atom. The lowest BCUT2D eigenvalue weighted by atomic mass is 10.1. The zero-order chi connectivity index (χ0) is 13.8. The van der Waals surface area contributed by atoms with Gasteiger partial charge in [0.25, 0.3) is 0 Å². The summed E-state index contributed by atoms with van der Waals surface area (Å²) in [5, 5.41) is 12.6. The van der Waals surface area contributed by atoms with Crippen LogP contribution >= 0.6 is 11.6 Å². The van der Waals surface area contributed by atoms with E-state index >= 15 is 0 Å². The standard InChI is InChI=1S/C13H18ClN5/c1-3-5-10(4-2)19-13(16-17-18-19)11-7-6-9(14)8-12(11)15/h6-8,10H,3-5,15H2,1-2H3. The first-order valence-corrected chi connectivity index (χ1v) is 6.88. The van der Waals surface area contributed by atoms with Crippen molar-refractivity contribution in [3.63, 3.8) is 0 Å². The highest BCUT2D eigenvalue weighted by molar-refractivity contribution is 6.31. The minimum atomic E-state index is 0.296. The van der Waals surface area contributed by atoms with Crippen molar-refractivity contribution in [2.24, 2.45) is 0 Å². The smallest absolute Gasteiger partial charge is 0.184 e. The molecular weight excluding hydrogens is 262 g/mol. The van der Waals surface area contributed by atoms with Crippen LogP contribution in [0.5, 0.6) is 0 Å². The van der Waals surface area contributed by atoms with Gasteiger partial charge in [-0.05, 0) is 41.5 Å². The van der Waals surface area contributed by atoms with Crippen molar-refractivity contribution >= 4 is 17.3 Å². The lowest BCUT2D eigenvalue weighted by Gasteiger charge is -2.16. The van der Waals surface area contributed by atoms with E-state index in [0.717, 1.165) is 24.8 Å². The Kier molecular flexibility index (Phi) is 4.37. The highest BCUT2D eigenvalue weighted by atomic mass is 35.5. The van der Waals surface area contributed by atoms with Crippen LogP contribution in [0.15, 0.2) is 18.2 Å². The van der Waals surface area contributed by atoms with Gasteiger partial charge in [0, 0.05) is 16.3 Å². The molecular formula is C13H18ClN5. The highest BCUT2D eigenvalue weighted by Crippen LogP contribution is 2.29. The molecule has 2 aromatic rings. The second-order valence-electron chi connectivity index (χ2n) is 4.53. The summed E-state index contributed by atoms with van der Waals surface area (Å²) in [6.45, 7) is 4.29. The molecule has 1 heterocycles. The zero-order valence-electron chi connectivity index (χ0n) is 11.2. The molecule has 19 heavy (non-hydrogen) atoms. The van der Waals surface area contributed by atoms with Gasteiger partial charge in [-0.1, -0.05) is 31.9 Å². The van der Waals surface area contributed by atoms with Gasteiger partial charge in [0.2, 0.25) is 0 Å². The van der Waals surface area contributed by atoms with Gasteiger partial charge >= 0.3 is 0 Å². The van der Waals surface area contributed by atoms with E-state index in [9.17, 15) is 0 Å². The summed E-state index contributed by atoms with van der Waals surface area (Å²) in [4.78, 5) is 0. The van der Waals surface area contributed by atoms with Gasteiger partial charge in [-0.15, -0.1) is 5.10 Å². The van der Waals surface area contributed by atoms with Crippen molar-refractivity contribution < 1.29 is 0 Å². The number of halogens is 1. The lowest BCUT2D eigenvalue weighted by molar-refractivity contribution is 0.404. The van der Waals surface area contributed by atoms with E-state index in [1.807, 2.05) is 10.7 Å². The van der Waals surface area contributed by atoms with E-state index in [1.54, 1.807) is 12.1 Å². The van der Waals surface area contributed by atoms with Crippen molar-refractivity contribution in [2.45, 2.75) is 39.2 Å². The van der Waals surface area contributed by atoms with Crippen LogP contribution in [0, 0.1) is 0 Å². The first-order valence-electron chi connectivity index (χ1n) is 6.50. The molecule has 2 rings (SSSR count). The maximum atomic E-state index is 6.00. The molecule has 5 nitrogen and oxygen atoms in total. The summed E-state index contributed by atoms with van der Waals surface area (Å²) in [7, 11) is 0. The number of aromatic nitrogens is 4. The second-order valence-corrected chi connectivity index (χ2v) is 4.97. The molecule has 0 aliphatic heterocycles. The van der Waals surface area contributed by atoms with Crippen molar-refractivity contribution in [1.82, 2.24) is 20.2 Å². The normalized spacial score (nSPS) is 12.6. The largest absolute Gasteiger partial charge is 0.398 e. The van der Waals surface area contributed by atoms with Gasteiger partial charge in [0.15, 0.2) is 5.82 Å². The third kappa shape index (κ3) is 2.87. The number of benzene rings is 1. The fourth-order valence-corrected chi connectivity index (χ4v) is 2.37. The Balaban J connectivity index is 2.43. The SMILES string of the molecule is CCCC(CC)n1nnnc1-c1ccc(Cl)cc1N. The second kappa shape index (κ2) is 6.02. The average Bonchev–Trinajstić information content (AvgIpc) is 2.85. The number of nitrogens with zero attached hydrogens (tertiary/aromatic N) is 4. The molecule has 1 aromatic carbocycles. The quantitative estimate of drug-likeness (QED) is 0.852. The number of nitrogens with two attached hydrogens (primary N) is 1. The molecule has 0 bridgehead atoms. The molecule has 0 fully saturated rings. The molecule has 0 aliphatic rings. The number of anilines is 1. The summed E-state index contributed by atoms with van der Waals surface area (Å²) in [5.74, 6) is 0.703. The van der Waals surface area contributed by atoms with Gasteiger partial charge in [-0.3, -0.25) is 0 Å². The predicted molar refractivity (Wildman–Crippen MR) is 76.9 cm³/mol. The number of nitrogen functional groups attached to an aromatic ring is 1. The molecule has 6 heteroatoms. The van der Waals surface area contributed by atoms with Crippen LogP contribution in [0.4, 0.5) is 5.69 Å². The minimum absolute atomic E-state index is 0.296. The first kappa shape index (κ1) is 13.8. The van der Waals surface area contributed by atoms with Gasteiger partial charge < -0.3 is 5.73 Å². The fraction of sp³-hybridized carbons (Fsp3) is 0.462. The average molecular weight is 280 g/mol. The summed E-state index contributed by atoms with van der Waals surface area (Å²) in [6, 6.07) is 5.67. The monoisotopic (exact) mass is 279 g/mol. The van der Waals surface area contributed by atoms with Crippen molar-refractivity contribution in [2.75, 3.05) is 5.73 Å². The van der Waals surface area contributed by atoms with Crippen molar-refractivity contribution in [3.05, 3.63) is 23.2 Å². The number of hydrogen-bond donors (Lipinski definition) is 1. The predicted octanol–water partition coefficient (Wildman–Crippen LogP) is 3.33. The summed E-state index contributed by atoms with van der Waals surface area (Å²) in [6.07, 6.45) is 3.12. The maximum absolute atomic E-state index is 6.00. The van der Waals surface area contributed by atoms with E-state index in [4.69, 9.17) is 17.3 Å². The van der Waals surface area contributed by atoms with E-state index in [0.29, 0.717) is 22.6 Å². The highest BCUT2D eigenvalue weighted by Gasteiger charge is 2.18. The van der Waals surface area contributed by atoms with Gasteiger partial charge in [-0.25, -0.2) is 4.68 Å². The topological polar surface area (TPSA) is 69.6 Å². The molecule has 1 unspecified atom stereocenters. The van der Waals surface area contributed by atoms with Gasteiger partial charge in [0.1, 0.15) is 0 Å². The van der Waals surface area contributed by atoms with Crippen molar-refractivity contribution in [1.29, 1.82) is 0 Å². The summed E-state index contributed by atoms with van der Waals surface area (Å²) < 4.78 is 1.86. The lowest BCUT2D eigenvalue weighted by Crippen LogP contribution is -2.12. The summed E-state index contributed by atoms with van der Waals surface area (Å²) in [5.41, 5.74) is 7.42. The molecule has 0 aliphatic carbocycles. The van der Waals surface area contributed by atoms with Crippen LogP contribution in [0.3, 0.4) is 0 Å². The van der Waals surface area contributed by atoms with Gasteiger partial charge in [-0.2, -0.15) is 0 Å².